The van der Waals surface area contributed by atoms with Crippen molar-refractivity contribution in [3.63, 3.8) is 0 Å². The van der Waals surface area contributed by atoms with Gasteiger partial charge in [-0.3, -0.25) is 0 Å². The lowest BCUT2D eigenvalue weighted by atomic mass is 10.0. The molecule has 2 nitrogen and oxygen atoms in total. The summed E-state index contributed by atoms with van der Waals surface area (Å²) in [6, 6.07) is 7.30. The number of nitrogens with zero attached hydrogens (tertiary/aromatic N) is 2. The van der Waals surface area contributed by atoms with Gasteiger partial charge in [0.15, 0.2) is 0 Å². The first kappa shape index (κ1) is 14.4. The Labute approximate surface area is 127 Å². The third-order valence-corrected chi connectivity index (χ3v) is 4.82. The Hall–Kier alpha value is -0.0600. The van der Waals surface area contributed by atoms with Crippen LogP contribution >= 0.6 is 31.9 Å². The van der Waals surface area contributed by atoms with Gasteiger partial charge in [-0.1, -0.05) is 37.9 Å². The van der Waals surface area contributed by atoms with Gasteiger partial charge < -0.3 is 9.80 Å². The Morgan fingerprint density at radius 2 is 1.94 bits per heavy atom. The van der Waals surface area contributed by atoms with Crippen molar-refractivity contribution in [2.75, 3.05) is 32.1 Å². The number of piperidine rings is 1. The molecular weight excluding hydrogens is 356 g/mol. The van der Waals surface area contributed by atoms with Crippen LogP contribution in [-0.2, 0) is 5.33 Å². The average Bonchev–Trinajstić information content (AvgIpc) is 2.39. The van der Waals surface area contributed by atoms with Crippen LogP contribution in [0.2, 0.25) is 0 Å². The molecule has 4 heteroatoms. The summed E-state index contributed by atoms with van der Waals surface area (Å²) in [6.07, 6.45) is 2.50. The van der Waals surface area contributed by atoms with E-state index in [4.69, 9.17) is 0 Å². The molecule has 0 unspecified atom stereocenters. The lowest BCUT2D eigenvalue weighted by Crippen LogP contribution is -2.42. The molecule has 1 aromatic rings. The Bertz CT molecular complexity index is 399. The molecule has 0 aliphatic carbocycles. The minimum atomic E-state index is 0.737. The Kier molecular flexibility index (Phi) is 5.10. The Balaban J connectivity index is 2.11. The largest absolute Gasteiger partial charge is 0.371 e. The molecule has 0 spiro atoms. The number of hydrogen-bond acceptors (Lipinski definition) is 2. The van der Waals surface area contributed by atoms with E-state index in [9.17, 15) is 0 Å². The van der Waals surface area contributed by atoms with Crippen LogP contribution < -0.4 is 4.90 Å². The Morgan fingerprint density at radius 3 is 2.50 bits per heavy atom. The predicted molar refractivity (Wildman–Crippen MR) is 85.7 cm³/mol. The summed E-state index contributed by atoms with van der Waals surface area (Å²) in [5.74, 6) is 0. The van der Waals surface area contributed by atoms with E-state index in [1.54, 1.807) is 0 Å². The number of halogens is 2. The number of anilines is 1. The van der Waals surface area contributed by atoms with Crippen LogP contribution in [0.4, 0.5) is 5.69 Å². The van der Waals surface area contributed by atoms with Gasteiger partial charge in [-0.15, -0.1) is 0 Å². The number of alkyl halides is 1. The highest BCUT2D eigenvalue weighted by Crippen LogP contribution is 2.29. The minimum absolute atomic E-state index is 0.737. The first-order chi connectivity index (χ1) is 8.61. The van der Waals surface area contributed by atoms with Crippen LogP contribution in [0.5, 0.6) is 0 Å². The SMILES string of the molecule is CN(C)C1CCN(c2cc(Br)ccc2CBr)CC1. The van der Waals surface area contributed by atoms with Crippen LogP contribution in [0.3, 0.4) is 0 Å². The van der Waals surface area contributed by atoms with E-state index in [-0.39, 0.29) is 0 Å². The number of rotatable bonds is 3. The maximum atomic E-state index is 3.58. The van der Waals surface area contributed by atoms with Crippen LogP contribution in [0.1, 0.15) is 18.4 Å². The van der Waals surface area contributed by atoms with Gasteiger partial charge in [0.2, 0.25) is 0 Å². The first-order valence-corrected chi connectivity index (χ1v) is 8.29. The summed E-state index contributed by atoms with van der Waals surface area (Å²) >= 11 is 7.16. The highest BCUT2D eigenvalue weighted by Gasteiger charge is 2.22. The predicted octanol–water partition coefficient (Wildman–Crippen LogP) is 3.87. The molecule has 1 aliphatic rings. The van der Waals surface area contributed by atoms with Crippen LogP contribution in [0.15, 0.2) is 22.7 Å². The quantitative estimate of drug-likeness (QED) is 0.739. The number of hydrogen-bond donors (Lipinski definition) is 0. The third-order valence-electron chi connectivity index (χ3n) is 3.73. The summed E-state index contributed by atoms with van der Waals surface area (Å²) < 4.78 is 1.16. The van der Waals surface area contributed by atoms with E-state index < -0.39 is 0 Å². The van der Waals surface area contributed by atoms with E-state index >= 15 is 0 Å². The topological polar surface area (TPSA) is 6.48 Å². The maximum Gasteiger partial charge on any atom is 0.0418 e. The Morgan fingerprint density at radius 1 is 1.28 bits per heavy atom. The lowest BCUT2D eigenvalue weighted by molar-refractivity contribution is 0.249. The zero-order valence-electron chi connectivity index (χ0n) is 11.0. The number of benzene rings is 1. The van der Waals surface area contributed by atoms with E-state index in [0.717, 1.165) is 28.9 Å². The van der Waals surface area contributed by atoms with Crippen molar-refractivity contribution in [1.82, 2.24) is 4.90 Å². The zero-order valence-corrected chi connectivity index (χ0v) is 14.2. The standard InChI is InChI=1S/C14H20Br2N2/c1-17(2)13-5-7-18(8-6-13)14-9-12(16)4-3-11(14)10-15/h3-4,9,13H,5-8,10H2,1-2H3. The lowest BCUT2D eigenvalue weighted by Gasteiger charge is -2.37. The fourth-order valence-electron chi connectivity index (χ4n) is 2.57. The van der Waals surface area contributed by atoms with Crippen molar-refractivity contribution in [1.29, 1.82) is 0 Å². The van der Waals surface area contributed by atoms with Crippen LogP contribution in [0, 0.1) is 0 Å². The van der Waals surface area contributed by atoms with Crippen molar-refractivity contribution >= 4 is 37.5 Å². The molecular formula is C14H20Br2N2. The molecule has 1 heterocycles. The second kappa shape index (κ2) is 6.40. The van der Waals surface area contributed by atoms with Gasteiger partial charge in [-0.05, 0) is 44.6 Å². The first-order valence-electron chi connectivity index (χ1n) is 6.37. The smallest absolute Gasteiger partial charge is 0.0418 e. The highest BCUT2D eigenvalue weighted by atomic mass is 79.9. The molecule has 0 atom stereocenters. The van der Waals surface area contributed by atoms with Crippen molar-refractivity contribution in [2.45, 2.75) is 24.2 Å². The molecule has 1 fully saturated rings. The highest BCUT2D eigenvalue weighted by molar-refractivity contribution is 9.10. The van der Waals surface area contributed by atoms with E-state index in [2.05, 4.69) is 74.0 Å². The van der Waals surface area contributed by atoms with Crippen molar-refractivity contribution < 1.29 is 0 Å². The summed E-state index contributed by atoms with van der Waals surface area (Å²) in [7, 11) is 4.37. The van der Waals surface area contributed by atoms with Gasteiger partial charge in [-0.25, -0.2) is 0 Å². The molecule has 0 amide bonds. The molecule has 0 radical (unpaired) electrons. The second-order valence-corrected chi connectivity index (χ2v) is 6.56. The molecule has 100 valence electrons. The van der Waals surface area contributed by atoms with Crippen molar-refractivity contribution in [3.8, 4) is 0 Å². The van der Waals surface area contributed by atoms with Gasteiger partial charge >= 0.3 is 0 Å². The van der Waals surface area contributed by atoms with Crippen LogP contribution in [-0.4, -0.2) is 38.1 Å². The molecule has 18 heavy (non-hydrogen) atoms. The third kappa shape index (κ3) is 3.28. The van der Waals surface area contributed by atoms with E-state index in [0.29, 0.717) is 0 Å². The van der Waals surface area contributed by atoms with Gasteiger partial charge in [-0.2, -0.15) is 0 Å². The van der Waals surface area contributed by atoms with Gasteiger partial charge in [0.25, 0.3) is 0 Å². The molecule has 0 saturated carbocycles. The van der Waals surface area contributed by atoms with E-state index in [1.807, 2.05) is 0 Å². The van der Waals surface area contributed by atoms with Gasteiger partial charge in [0.05, 0.1) is 0 Å². The molecule has 0 aromatic heterocycles. The molecule has 1 saturated heterocycles. The normalized spacial score (nSPS) is 17.5. The fraction of sp³-hybridized carbons (Fsp3) is 0.571. The van der Waals surface area contributed by atoms with E-state index in [1.165, 1.54) is 24.1 Å². The maximum absolute atomic E-state index is 3.58. The zero-order chi connectivity index (χ0) is 13.1. The second-order valence-electron chi connectivity index (χ2n) is 5.09. The van der Waals surface area contributed by atoms with Crippen molar-refractivity contribution in [3.05, 3.63) is 28.2 Å². The fourth-order valence-corrected chi connectivity index (χ4v) is 3.39. The molecule has 1 aliphatic heterocycles. The molecule has 1 aromatic carbocycles. The van der Waals surface area contributed by atoms with Gasteiger partial charge in [0, 0.05) is 34.6 Å². The molecule has 0 bridgehead atoms. The van der Waals surface area contributed by atoms with Crippen molar-refractivity contribution in [2.24, 2.45) is 0 Å². The minimum Gasteiger partial charge on any atom is -0.371 e. The summed E-state index contributed by atoms with van der Waals surface area (Å²) in [4.78, 5) is 4.87. The molecule has 2 rings (SSSR count). The summed E-state index contributed by atoms with van der Waals surface area (Å²) in [5.41, 5.74) is 2.75. The summed E-state index contributed by atoms with van der Waals surface area (Å²) in [6.45, 7) is 2.30. The molecule has 0 N–H and O–H groups in total. The monoisotopic (exact) mass is 374 g/mol. The summed E-state index contributed by atoms with van der Waals surface area (Å²) in [5, 5.41) is 0.920. The average molecular weight is 376 g/mol. The van der Waals surface area contributed by atoms with Crippen LogP contribution in [0.25, 0.3) is 0 Å². The van der Waals surface area contributed by atoms with Gasteiger partial charge in [0.1, 0.15) is 0 Å².